The lowest BCUT2D eigenvalue weighted by molar-refractivity contribution is -0.140. The summed E-state index contributed by atoms with van der Waals surface area (Å²) in [6, 6.07) is 20.8. The number of hydrazine groups is 1. The number of pyridine rings is 1. The number of esters is 1. The predicted molar refractivity (Wildman–Crippen MR) is 187 cm³/mol. The summed E-state index contributed by atoms with van der Waals surface area (Å²) in [6.45, 7) is 11.4. The predicted octanol–water partition coefficient (Wildman–Crippen LogP) is 3.22. The van der Waals surface area contributed by atoms with Crippen molar-refractivity contribution in [3.63, 3.8) is 0 Å². The lowest BCUT2D eigenvalue weighted by Gasteiger charge is -2.35. The molecule has 2 aromatic carbocycles. The van der Waals surface area contributed by atoms with Crippen molar-refractivity contribution < 1.29 is 24.2 Å². The zero-order valence-corrected chi connectivity index (χ0v) is 29.2. The molecule has 3 rings (SSSR count). The van der Waals surface area contributed by atoms with E-state index in [0.29, 0.717) is 6.42 Å². The van der Waals surface area contributed by atoms with Crippen LogP contribution in [0.25, 0.3) is 11.3 Å². The van der Waals surface area contributed by atoms with Crippen LogP contribution in [0.1, 0.15) is 52.7 Å². The Labute approximate surface area is 284 Å². The van der Waals surface area contributed by atoms with Gasteiger partial charge >= 0.3 is 5.97 Å². The van der Waals surface area contributed by atoms with Crippen molar-refractivity contribution >= 4 is 17.8 Å². The van der Waals surface area contributed by atoms with E-state index in [4.69, 9.17) is 10.5 Å². The van der Waals surface area contributed by atoms with Gasteiger partial charge in [0.25, 0.3) is 5.91 Å². The van der Waals surface area contributed by atoms with Crippen LogP contribution in [0, 0.1) is 10.8 Å². The minimum Gasteiger partial charge on any atom is -0.468 e. The number of nitrogens with two attached hydrogens (primary N) is 1. The minimum absolute atomic E-state index is 0.0157. The van der Waals surface area contributed by atoms with Crippen molar-refractivity contribution in [2.75, 3.05) is 20.2 Å². The van der Waals surface area contributed by atoms with Gasteiger partial charge in [-0.05, 0) is 40.5 Å². The van der Waals surface area contributed by atoms with Gasteiger partial charge in [-0.15, -0.1) is 0 Å². The number of methoxy groups -OCH3 is 1. The third-order valence-corrected chi connectivity index (χ3v) is 8.08. The van der Waals surface area contributed by atoms with Gasteiger partial charge in [0.2, 0.25) is 5.91 Å². The van der Waals surface area contributed by atoms with Crippen molar-refractivity contribution in [1.29, 1.82) is 0 Å². The fraction of sp³-hybridized carbons (Fsp3) is 0.459. The van der Waals surface area contributed by atoms with E-state index in [1.54, 1.807) is 11.2 Å². The Morgan fingerprint density at radius 1 is 0.875 bits per heavy atom. The molecule has 0 aliphatic rings. The van der Waals surface area contributed by atoms with Crippen LogP contribution in [0.2, 0.25) is 0 Å². The summed E-state index contributed by atoms with van der Waals surface area (Å²) in [5.74, 6) is -1.25. The quantitative estimate of drug-likeness (QED) is 0.122. The van der Waals surface area contributed by atoms with Gasteiger partial charge in [-0.1, -0.05) is 102 Å². The summed E-state index contributed by atoms with van der Waals surface area (Å²) < 4.78 is 4.76. The first-order chi connectivity index (χ1) is 22.6. The molecule has 0 saturated heterocycles. The monoisotopic (exact) mass is 660 g/mol. The average molecular weight is 661 g/mol. The number of aromatic nitrogens is 1. The number of rotatable bonds is 15. The van der Waals surface area contributed by atoms with Gasteiger partial charge in [0.05, 0.1) is 43.6 Å². The summed E-state index contributed by atoms with van der Waals surface area (Å²) in [4.78, 5) is 43.4. The first kappa shape index (κ1) is 38.3. The van der Waals surface area contributed by atoms with Crippen molar-refractivity contribution in [3.05, 3.63) is 90.1 Å². The van der Waals surface area contributed by atoms with Crippen molar-refractivity contribution in [2.24, 2.45) is 16.6 Å². The highest BCUT2D eigenvalue weighted by atomic mass is 16.5. The minimum atomic E-state index is -1.12. The summed E-state index contributed by atoms with van der Waals surface area (Å²) in [5, 5.41) is 19.4. The third kappa shape index (κ3) is 11.8. The van der Waals surface area contributed by atoms with E-state index < -0.39 is 41.0 Å². The number of carbonyl (C=O) groups excluding carboxylic acids is 3. The fourth-order valence-electron chi connectivity index (χ4n) is 5.12. The Kier molecular flexibility index (Phi) is 13.8. The normalized spacial score (nSPS) is 14.5. The van der Waals surface area contributed by atoms with Gasteiger partial charge < -0.3 is 20.9 Å². The molecule has 0 spiro atoms. The second kappa shape index (κ2) is 17.3. The molecule has 260 valence electrons. The van der Waals surface area contributed by atoms with E-state index in [2.05, 4.69) is 21.0 Å². The molecule has 48 heavy (non-hydrogen) atoms. The van der Waals surface area contributed by atoms with Gasteiger partial charge in [-0.2, -0.15) is 0 Å². The molecule has 0 bridgehead atoms. The van der Waals surface area contributed by atoms with Crippen LogP contribution in [-0.2, 0) is 32.1 Å². The van der Waals surface area contributed by atoms with Crippen LogP contribution >= 0.6 is 0 Å². The van der Waals surface area contributed by atoms with Gasteiger partial charge in [-0.3, -0.25) is 30.1 Å². The number of benzene rings is 2. The highest BCUT2D eigenvalue weighted by Crippen LogP contribution is 2.22. The maximum absolute atomic E-state index is 13.8. The van der Waals surface area contributed by atoms with Gasteiger partial charge in [-0.25, -0.2) is 5.01 Å². The van der Waals surface area contributed by atoms with Gasteiger partial charge in [0.15, 0.2) is 0 Å². The van der Waals surface area contributed by atoms with E-state index in [0.717, 1.165) is 22.4 Å². The molecule has 11 nitrogen and oxygen atoms in total. The number of hydrogen-bond acceptors (Lipinski definition) is 9. The Morgan fingerprint density at radius 2 is 1.52 bits per heavy atom. The molecular formula is C37H52N6O5. The van der Waals surface area contributed by atoms with E-state index in [1.807, 2.05) is 114 Å². The number of ether oxygens (including phenoxy) is 1. The van der Waals surface area contributed by atoms with Gasteiger partial charge in [0, 0.05) is 24.8 Å². The number of hydrogen-bond donors (Lipinski definition) is 5. The van der Waals surface area contributed by atoms with Crippen LogP contribution in [0.5, 0.6) is 0 Å². The maximum Gasteiger partial charge on any atom is 0.319 e. The van der Waals surface area contributed by atoms with Crippen molar-refractivity contribution in [1.82, 2.24) is 26.1 Å². The first-order valence-corrected chi connectivity index (χ1v) is 16.2. The Hall–Kier alpha value is -4.16. The van der Waals surface area contributed by atoms with Crippen LogP contribution in [-0.4, -0.2) is 77.3 Å². The number of aliphatic hydroxyl groups excluding tert-OH is 1. The SMILES string of the molecule is COC(=O)CN[C@H](C(=O)N[C@@H](Cc1ccccc1)[C@@H](O)CN(Cc1ccc(-c2ccccn2)cc1)NC(=O)[C@@H](N)C(C)(C)C)C(C)(C)C. The molecule has 1 aromatic heterocycles. The van der Waals surface area contributed by atoms with Crippen LogP contribution in [0.3, 0.4) is 0 Å². The molecule has 0 saturated carbocycles. The Balaban J connectivity index is 1.89. The Bertz CT molecular complexity index is 1460. The third-order valence-electron chi connectivity index (χ3n) is 8.08. The lowest BCUT2D eigenvalue weighted by atomic mass is 9.85. The molecule has 1 heterocycles. The van der Waals surface area contributed by atoms with Crippen molar-refractivity contribution in [2.45, 2.75) is 78.7 Å². The molecule has 3 aromatic rings. The van der Waals surface area contributed by atoms with E-state index in [-0.39, 0.29) is 31.4 Å². The lowest BCUT2D eigenvalue weighted by Crippen LogP contribution is -2.60. The largest absolute Gasteiger partial charge is 0.468 e. The number of nitrogens with zero attached hydrogens (tertiary/aromatic N) is 2. The molecule has 0 aliphatic heterocycles. The van der Waals surface area contributed by atoms with Gasteiger partial charge in [0.1, 0.15) is 0 Å². The molecule has 0 fully saturated rings. The summed E-state index contributed by atoms with van der Waals surface area (Å²) >= 11 is 0. The number of carbonyl (C=O) groups is 3. The number of nitrogens with one attached hydrogen (secondary N) is 3. The molecule has 11 heteroatoms. The smallest absolute Gasteiger partial charge is 0.319 e. The molecule has 6 N–H and O–H groups in total. The molecule has 0 aliphatic carbocycles. The first-order valence-electron chi connectivity index (χ1n) is 16.2. The van der Waals surface area contributed by atoms with Crippen LogP contribution < -0.4 is 21.8 Å². The zero-order valence-electron chi connectivity index (χ0n) is 29.2. The van der Waals surface area contributed by atoms with E-state index in [9.17, 15) is 19.5 Å². The summed E-state index contributed by atoms with van der Waals surface area (Å²) in [6.07, 6.45) is 0.947. The molecule has 4 atom stereocenters. The number of amides is 2. The molecule has 0 radical (unpaired) electrons. The van der Waals surface area contributed by atoms with Crippen molar-refractivity contribution in [3.8, 4) is 11.3 Å². The van der Waals surface area contributed by atoms with Crippen LogP contribution in [0.15, 0.2) is 79.0 Å². The standard InChI is InChI=1S/C37H52N6O5/c1-36(2,3)32(38)34(46)42-43(23-26-16-18-27(19-17-26)28-15-11-12-20-39-28)24-30(44)29(21-25-13-9-8-10-14-25)41-35(47)33(37(4,5)6)40-22-31(45)48-7/h8-20,29-30,32-33,40,44H,21-24,38H2,1-7H3,(H,41,47)(H,42,46)/t29-,30-,32+,33+/m0/s1. The highest BCUT2D eigenvalue weighted by molar-refractivity contribution is 5.84. The topological polar surface area (TPSA) is 159 Å². The summed E-state index contributed by atoms with van der Waals surface area (Å²) in [7, 11) is 1.29. The molecular weight excluding hydrogens is 608 g/mol. The fourth-order valence-corrected chi connectivity index (χ4v) is 5.12. The average Bonchev–Trinajstić information content (AvgIpc) is 3.04. The number of aliphatic hydroxyl groups is 1. The maximum atomic E-state index is 13.8. The van der Waals surface area contributed by atoms with E-state index >= 15 is 0 Å². The zero-order chi connectivity index (χ0) is 35.5. The molecule has 0 unspecified atom stereocenters. The molecule has 2 amide bonds. The summed E-state index contributed by atoms with van der Waals surface area (Å²) in [5.41, 5.74) is 11.8. The Morgan fingerprint density at radius 3 is 2.08 bits per heavy atom. The second-order valence-corrected chi connectivity index (χ2v) is 14.2. The highest BCUT2D eigenvalue weighted by Gasteiger charge is 2.35. The van der Waals surface area contributed by atoms with E-state index in [1.165, 1.54) is 7.11 Å². The second-order valence-electron chi connectivity index (χ2n) is 14.2. The van der Waals surface area contributed by atoms with Crippen LogP contribution in [0.4, 0.5) is 0 Å².